The number of rotatable bonds is 10. The Labute approximate surface area is 174 Å². The van der Waals surface area contributed by atoms with Crippen molar-refractivity contribution in [3.8, 4) is 0 Å². The Morgan fingerprint density at radius 2 is 1.79 bits per heavy atom. The van der Waals surface area contributed by atoms with Crippen LogP contribution in [0.2, 0.25) is 0 Å². The molecule has 2 atom stereocenters. The molecule has 1 saturated heterocycles. The number of carboxylic acids is 1. The Balaban J connectivity index is 1.65. The first kappa shape index (κ1) is 24.1. The van der Waals surface area contributed by atoms with E-state index in [9.17, 15) is 14.6 Å². The van der Waals surface area contributed by atoms with Crippen LogP contribution in [0.1, 0.15) is 71.6 Å². The third kappa shape index (κ3) is 9.46. The Morgan fingerprint density at radius 3 is 2.45 bits per heavy atom. The van der Waals surface area contributed by atoms with Crippen molar-refractivity contribution in [3.05, 3.63) is 0 Å². The number of carbonyl (C=O) groups is 2. The molecule has 29 heavy (non-hydrogen) atoms. The highest BCUT2D eigenvalue weighted by Crippen LogP contribution is 2.27. The number of hydrogen-bond donors (Lipinski definition) is 5. The largest absolute Gasteiger partial charge is 0.481 e. The van der Waals surface area contributed by atoms with Crippen LogP contribution in [0.15, 0.2) is 0 Å². The van der Waals surface area contributed by atoms with E-state index in [1.54, 1.807) is 0 Å². The zero-order chi connectivity index (χ0) is 21.2. The first-order valence-electron chi connectivity index (χ1n) is 11.1. The van der Waals surface area contributed by atoms with Gasteiger partial charge in [-0.2, -0.15) is 0 Å². The highest BCUT2D eigenvalue weighted by atomic mass is 16.5. The average Bonchev–Trinajstić information content (AvgIpc) is 2.80. The van der Waals surface area contributed by atoms with Crippen molar-refractivity contribution in [2.45, 2.75) is 95.8 Å². The molecule has 0 aromatic carbocycles. The van der Waals surface area contributed by atoms with Crippen molar-refractivity contribution < 1.29 is 24.4 Å². The summed E-state index contributed by atoms with van der Waals surface area (Å²) in [6, 6.07) is 1.04. The van der Waals surface area contributed by atoms with Gasteiger partial charge in [0, 0.05) is 31.6 Å². The maximum Gasteiger partial charge on any atom is 0.478 e. The molecule has 0 spiro atoms. The fourth-order valence-corrected chi connectivity index (χ4v) is 4.29. The topological polar surface area (TPSA) is 120 Å². The average molecular weight is 411 g/mol. The SMILES string of the molecule is CC(C)NCCNC1CCC(CC(=O)N[C@H]2CCCC(CC(=O)O)OB2O)CC1. The molecule has 1 amide bonds. The maximum absolute atomic E-state index is 12.5. The van der Waals surface area contributed by atoms with E-state index in [-0.39, 0.29) is 12.3 Å². The number of carboxylic acid groups (broad SMARTS) is 1. The van der Waals surface area contributed by atoms with E-state index < -0.39 is 25.1 Å². The predicted octanol–water partition coefficient (Wildman–Crippen LogP) is 1.07. The van der Waals surface area contributed by atoms with E-state index in [0.29, 0.717) is 37.3 Å². The van der Waals surface area contributed by atoms with E-state index in [1.165, 1.54) is 0 Å². The standard InChI is InChI=1S/C20H38BN3O5/c1-14(2)22-10-11-23-16-8-6-15(7-9-16)12-19(25)24-18-5-3-4-17(13-20(26)27)29-21(18)28/h14-18,22-23,28H,3-13H2,1-2H3,(H,24,25)(H,26,27)/t15?,16?,17?,18-/m0/s1. The van der Waals surface area contributed by atoms with Gasteiger partial charge in [0.15, 0.2) is 0 Å². The smallest absolute Gasteiger partial charge is 0.478 e. The molecule has 0 bridgehead atoms. The van der Waals surface area contributed by atoms with Crippen LogP contribution in [0.3, 0.4) is 0 Å². The van der Waals surface area contributed by atoms with Crippen LogP contribution in [-0.4, -0.2) is 66.3 Å². The molecule has 0 aromatic heterocycles. The van der Waals surface area contributed by atoms with Gasteiger partial charge in [0.1, 0.15) is 0 Å². The second kappa shape index (κ2) is 12.5. The molecule has 2 fully saturated rings. The summed E-state index contributed by atoms with van der Waals surface area (Å²) in [7, 11) is -1.15. The normalized spacial score (nSPS) is 28.2. The van der Waals surface area contributed by atoms with Crippen LogP contribution in [0.25, 0.3) is 0 Å². The highest BCUT2D eigenvalue weighted by Gasteiger charge is 2.35. The van der Waals surface area contributed by atoms with Gasteiger partial charge in [0.25, 0.3) is 0 Å². The molecule has 166 valence electrons. The maximum atomic E-state index is 12.5. The summed E-state index contributed by atoms with van der Waals surface area (Å²) in [6.07, 6.45) is 6.01. The van der Waals surface area contributed by atoms with Crippen LogP contribution < -0.4 is 16.0 Å². The van der Waals surface area contributed by atoms with E-state index >= 15 is 0 Å². The molecule has 2 aliphatic rings. The second-order valence-electron chi connectivity index (χ2n) is 8.84. The summed E-state index contributed by atoms with van der Waals surface area (Å²) in [4.78, 5) is 23.3. The van der Waals surface area contributed by atoms with E-state index in [4.69, 9.17) is 9.76 Å². The molecule has 2 rings (SSSR count). The first-order chi connectivity index (χ1) is 13.8. The lowest BCUT2D eigenvalue weighted by molar-refractivity contribution is -0.139. The Hall–Kier alpha value is -1.16. The molecule has 1 saturated carbocycles. The van der Waals surface area contributed by atoms with Crippen molar-refractivity contribution in [2.75, 3.05) is 13.1 Å². The Morgan fingerprint density at radius 1 is 1.07 bits per heavy atom. The van der Waals surface area contributed by atoms with Gasteiger partial charge in [0.05, 0.1) is 18.5 Å². The second-order valence-corrected chi connectivity index (χ2v) is 8.84. The number of hydrogen-bond acceptors (Lipinski definition) is 6. The summed E-state index contributed by atoms with van der Waals surface area (Å²) in [6.45, 7) is 6.23. The molecule has 0 aromatic rings. The minimum Gasteiger partial charge on any atom is -0.481 e. The zero-order valence-corrected chi connectivity index (χ0v) is 17.9. The minimum atomic E-state index is -1.15. The van der Waals surface area contributed by atoms with Gasteiger partial charge in [-0.1, -0.05) is 13.8 Å². The van der Waals surface area contributed by atoms with E-state index in [0.717, 1.165) is 45.2 Å². The van der Waals surface area contributed by atoms with Crippen molar-refractivity contribution in [2.24, 2.45) is 5.92 Å². The lowest BCUT2D eigenvalue weighted by atomic mass is 9.76. The highest BCUT2D eigenvalue weighted by molar-refractivity contribution is 6.45. The van der Waals surface area contributed by atoms with Gasteiger partial charge in [-0.05, 0) is 50.9 Å². The summed E-state index contributed by atoms with van der Waals surface area (Å²) >= 11 is 0. The molecule has 1 unspecified atom stereocenters. The fourth-order valence-electron chi connectivity index (χ4n) is 4.29. The number of aliphatic carboxylic acids is 1. The van der Waals surface area contributed by atoms with Crippen LogP contribution in [0.4, 0.5) is 0 Å². The number of carbonyl (C=O) groups excluding carboxylic acids is 1. The predicted molar refractivity (Wildman–Crippen MR) is 112 cm³/mol. The van der Waals surface area contributed by atoms with Crippen molar-refractivity contribution in [1.29, 1.82) is 0 Å². The van der Waals surface area contributed by atoms with Gasteiger partial charge >= 0.3 is 13.1 Å². The number of nitrogens with one attached hydrogen (secondary N) is 3. The molecular formula is C20H38BN3O5. The quantitative estimate of drug-likeness (QED) is 0.269. The van der Waals surface area contributed by atoms with Gasteiger partial charge < -0.3 is 30.7 Å². The molecule has 9 heteroatoms. The number of amides is 1. The van der Waals surface area contributed by atoms with Gasteiger partial charge in [0.2, 0.25) is 5.91 Å². The lowest BCUT2D eigenvalue weighted by Crippen LogP contribution is -2.48. The summed E-state index contributed by atoms with van der Waals surface area (Å²) in [5, 5.41) is 29.0. The van der Waals surface area contributed by atoms with Crippen molar-refractivity contribution in [1.82, 2.24) is 16.0 Å². The summed E-state index contributed by atoms with van der Waals surface area (Å²) in [5.74, 6) is -1.07. The molecule has 1 aliphatic carbocycles. The molecule has 1 aliphatic heterocycles. The minimum absolute atomic E-state index is 0.0492. The van der Waals surface area contributed by atoms with Gasteiger partial charge in [-0.15, -0.1) is 0 Å². The van der Waals surface area contributed by atoms with Crippen LogP contribution in [-0.2, 0) is 14.2 Å². The van der Waals surface area contributed by atoms with Crippen LogP contribution >= 0.6 is 0 Å². The third-order valence-corrected chi connectivity index (χ3v) is 5.90. The fraction of sp³-hybridized carbons (Fsp3) is 0.900. The zero-order valence-electron chi connectivity index (χ0n) is 17.9. The molecule has 5 N–H and O–H groups in total. The van der Waals surface area contributed by atoms with Crippen molar-refractivity contribution in [3.63, 3.8) is 0 Å². The Bertz CT molecular complexity index is 514. The van der Waals surface area contributed by atoms with Crippen LogP contribution in [0, 0.1) is 5.92 Å². The van der Waals surface area contributed by atoms with E-state index in [1.807, 2.05) is 0 Å². The van der Waals surface area contributed by atoms with Crippen LogP contribution in [0.5, 0.6) is 0 Å². The van der Waals surface area contributed by atoms with Gasteiger partial charge in [-0.3, -0.25) is 9.59 Å². The lowest BCUT2D eigenvalue weighted by Gasteiger charge is -2.29. The summed E-state index contributed by atoms with van der Waals surface area (Å²) in [5.41, 5.74) is 0. The monoisotopic (exact) mass is 411 g/mol. The molecule has 0 radical (unpaired) electrons. The van der Waals surface area contributed by atoms with Crippen molar-refractivity contribution >= 4 is 19.0 Å². The summed E-state index contributed by atoms with van der Waals surface area (Å²) < 4.78 is 5.45. The molecular weight excluding hydrogens is 373 g/mol. The third-order valence-electron chi connectivity index (χ3n) is 5.90. The molecule has 1 heterocycles. The first-order valence-corrected chi connectivity index (χ1v) is 11.1. The van der Waals surface area contributed by atoms with E-state index in [2.05, 4.69) is 29.8 Å². The molecule has 8 nitrogen and oxygen atoms in total. The Kier molecular flexibility index (Phi) is 10.4. The van der Waals surface area contributed by atoms with Gasteiger partial charge in [-0.25, -0.2) is 0 Å².